The van der Waals surface area contributed by atoms with Crippen molar-refractivity contribution >= 4 is 29.7 Å². The standard InChI is InChI=1S/C33H61N3O11/c37-21-24-45-22-20-35-31(40)27-47-26-25-46-23-19-34-29(38)18-17-28(33(43)44)36-30(39)15-13-11-9-7-5-3-1-2-4-6-8-10-12-14-16-32(41)42/h28,37H,1-27H2,(H,34,38)(H,35,40)(H,36,39)(H,41,42)(H,43,44). The van der Waals surface area contributed by atoms with Crippen molar-refractivity contribution in [3.05, 3.63) is 0 Å². The van der Waals surface area contributed by atoms with Crippen LogP contribution in [0.15, 0.2) is 0 Å². The molecule has 0 aliphatic rings. The Kier molecular flexibility index (Phi) is 31.1. The molecule has 47 heavy (non-hydrogen) atoms. The Morgan fingerprint density at radius 1 is 0.511 bits per heavy atom. The molecule has 0 rings (SSSR count). The highest BCUT2D eigenvalue weighted by atomic mass is 16.5. The first-order chi connectivity index (χ1) is 22.8. The van der Waals surface area contributed by atoms with Crippen molar-refractivity contribution < 1.29 is 53.5 Å². The Balaban J connectivity index is 3.67. The molecule has 274 valence electrons. The highest BCUT2D eigenvalue weighted by Crippen LogP contribution is 2.14. The lowest BCUT2D eigenvalue weighted by atomic mass is 10.0. The third-order valence-electron chi connectivity index (χ3n) is 7.32. The lowest BCUT2D eigenvalue weighted by molar-refractivity contribution is -0.142. The predicted molar refractivity (Wildman–Crippen MR) is 176 cm³/mol. The molecule has 0 aromatic heterocycles. The van der Waals surface area contributed by atoms with Crippen LogP contribution in [0.1, 0.15) is 116 Å². The van der Waals surface area contributed by atoms with Crippen molar-refractivity contribution in [2.24, 2.45) is 0 Å². The van der Waals surface area contributed by atoms with Crippen molar-refractivity contribution in [3.8, 4) is 0 Å². The molecule has 14 nitrogen and oxygen atoms in total. The summed E-state index contributed by atoms with van der Waals surface area (Å²) in [5.41, 5.74) is 0. The second-order valence-corrected chi connectivity index (χ2v) is 11.5. The van der Waals surface area contributed by atoms with Crippen molar-refractivity contribution in [2.45, 2.75) is 122 Å². The van der Waals surface area contributed by atoms with Crippen molar-refractivity contribution in [3.63, 3.8) is 0 Å². The number of hydrogen-bond donors (Lipinski definition) is 6. The number of unbranched alkanes of at least 4 members (excludes halogenated alkanes) is 13. The highest BCUT2D eigenvalue weighted by Gasteiger charge is 2.20. The fraction of sp³-hybridized carbons (Fsp3) is 0.848. The Morgan fingerprint density at radius 2 is 0.979 bits per heavy atom. The van der Waals surface area contributed by atoms with Crippen LogP contribution in [0.3, 0.4) is 0 Å². The van der Waals surface area contributed by atoms with Crippen LogP contribution < -0.4 is 16.0 Å². The largest absolute Gasteiger partial charge is 0.481 e. The van der Waals surface area contributed by atoms with Gasteiger partial charge >= 0.3 is 11.9 Å². The summed E-state index contributed by atoms with van der Waals surface area (Å²) in [6.07, 6.45) is 15.7. The van der Waals surface area contributed by atoms with Gasteiger partial charge in [-0.25, -0.2) is 4.79 Å². The molecule has 6 N–H and O–H groups in total. The average Bonchev–Trinajstić information content (AvgIpc) is 3.03. The first-order valence-electron chi connectivity index (χ1n) is 17.4. The number of carbonyl (C=O) groups is 5. The lowest BCUT2D eigenvalue weighted by Crippen LogP contribution is -2.41. The number of aliphatic hydroxyl groups is 1. The lowest BCUT2D eigenvalue weighted by Gasteiger charge is -2.14. The second kappa shape index (κ2) is 33.1. The Bertz CT molecular complexity index is 830. The molecule has 0 radical (unpaired) electrons. The summed E-state index contributed by atoms with van der Waals surface area (Å²) in [6, 6.07) is -1.12. The molecule has 3 amide bonds. The van der Waals surface area contributed by atoms with Gasteiger partial charge < -0.3 is 45.5 Å². The van der Waals surface area contributed by atoms with Crippen molar-refractivity contribution in [2.75, 3.05) is 59.3 Å². The Hall–Kier alpha value is -2.81. The maximum Gasteiger partial charge on any atom is 0.326 e. The highest BCUT2D eigenvalue weighted by molar-refractivity contribution is 5.84. The van der Waals surface area contributed by atoms with E-state index in [0.717, 1.165) is 38.5 Å². The molecule has 0 aliphatic heterocycles. The summed E-state index contributed by atoms with van der Waals surface area (Å²) in [7, 11) is 0. The Labute approximate surface area is 280 Å². The minimum absolute atomic E-state index is 0.00990. The minimum Gasteiger partial charge on any atom is -0.481 e. The van der Waals surface area contributed by atoms with Crippen LogP contribution in [-0.4, -0.2) is 110 Å². The van der Waals surface area contributed by atoms with E-state index >= 15 is 0 Å². The average molecular weight is 676 g/mol. The Morgan fingerprint density at radius 3 is 1.49 bits per heavy atom. The van der Waals surface area contributed by atoms with E-state index in [9.17, 15) is 29.1 Å². The molecule has 0 aromatic carbocycles. The van der Waals surface area contributed by atoms with E-state index in [1.807, 2.05) is 0 Å². The van der Waals surface area contributed by atoms with Crippen molar-refractivity contribution in [1.82, 2.24) is 16.0 Å². The number of carbonyl (C=O) groups excluding carboxylic acids is 3. The SMILES string of the molecule is O=C(O)CCCCCCCCCCCCCCCCC(=O)NC(CCC(=O)NCCOCCOCC(=O)NCCOCCO)C(=O)O. The number of hydrogen-bond acceptors (Lipinski definition) is 9. The quantitative estimate of drug-likeness (QED) is 0.0538. The molecular formula is C33H61N3O11. The number of amides is 3. The van der Waals surface area contributed by atoms with Crippen LogP contribution in [0.2, 0.25) is 0 Å². The third-order valence-corrected chi connectivity index (χ3v) is 7.32. The van der Waals surface area contributed by atoms with Crippen LogP contribution in [0.25, 0.3) is 0 Å². The number of ether oxygens (including phenoxy) is 3. The molecule has 1 unspecified atom stereocenters. The molecule has 0 saturated heterocycles. The zero-order valence-electron chi connectivity index (χ0n) is 28.3. The van der Waals surface area contributed by atoms with Crippen LogP contribution in [-0.2, 0) is 38.2 Å². The number of carboxylic acid groups (broad SMARTS) is 2. The number of nitrogens with one attached hydrogen (secondary N) is 3. The topological polar surface area (TPSA) is 210 Å². The summed E-state index contributed by atoms with van der Waals surface area (Å²) >= 11 is 0. The molecule has 14 heteroatoms. The van der Waals surface area contributed by atoms with Gasteiger partial charge in [-0.2, -0.15) is 0 Å². The number of rotatable bonds is 35. The number of aliphatic carboxylic acids is 2. The number of carboxylic acids is 2. The van der Waals surface area contributed by atoms with Gasteiger partial charge in [0.05, 0.1) is 39.6 Å². The van der Waals surface area contributed by atoms with E-state index in [1.54, 1.807) is 0 Å². The molecule has 0 heterocycles. The van der Waals surface area contributed by atoms with Gasteiger partial charge in [0.25, 0.3) is 0 Å². The summed E-state index contributed by atoms with van der Waals surface area (Å²) in [6.45, 7) is 1.55. The number of aliphatic hydroxyl groups excluding tert-OH is 1. The van der Waals surface area contributed by atoms with E-state index in [4.69, 9.17) is 24.4 Å². The van der Waals surface area contributed by atoms with E-state index in [1.165, 1.54) is 44.9 Å². The predicted octanol–water partition coefficient (Wildman–Crippen LogP) is 2.94. The molecule has 0 bridgehead atoms. The molecule has 0 saturated carbocycles. The van der Waals surface area contributed by atoms with Gasteiger partial charge in [-0.1, -0.05) is 77.0 Å². The molecule has 0 spiro atoms. The first kappa shape index (κ1) is 44.2. The summed E-state index contributed by atoms with van der Waals surface area (Å²) in [5.74, 6) is -2.83. The van der Waals surface area contributed by atoms with Gasteiger partial charge in [-0.05, 0) is 19.3 Å². The second-order valence-electron chi connectivity index (χ2n) is 11.5. The van der Waals surface area contributed by atoms with Gasteiger partial charge in [-0.3, -0.25) is 19.2 Å². The maximum atomic E-state index is 12.2. The van der Waals surface area contributed by atoms with Gasteiger partial charge in [0.2, 0.25) is 17.7 Å². The van der Waals surface area contributed by atoms with Crippen LogP contribution in [0.4, 0.5) is 0 Å². The summed E-state index contributed by atoms with van der Waals surface area (Å²) < 4.78 is 15.6. The normalized spacial score (nSPS) is 11.6. The molecule has 0 aromatic rings. The first-order valence-corrected chi connectivity index (χ1v) is 17.4. The monoisotopic (exact) mass is 675 g/mol. The summed E-state index contributed by atoms with van der Waals surface area (Å²) in [5, 5.41) is 34.4. The van der Waals surface area contributed by atoms with E-state index < -0.39 is 18.0 Å². The van der Waals surface area contributed by atoms with Crippen LogP contribution in [0, 0.1) is 0 Å². The maximum absolute atomic E-state index is 12.2. The van der Waals surface area contributed by atoms with E-state index in [2.05, 4.69) is 16.0 Å². The summed E-state index contributed by atoms with van der Waals surface area (Å²) in [4.78, 5) is 57.9. The smallest absolute Gasteiger partial charge is 0.326 e. The minimum atomic E-state index is -1.17. The van der Waals surface area contributed by atoms with Crippen LogP contribution >= 0.6 is 0 Å². The van der Waals surface area contributed by atoms with Crippen LogP contribution in [0.5, 0.6) is 0 Å². The van der Waals surface area contributed by atoms with Gasteiger partial charge in [-0.15, -0.1) is 0 Å². The third kappa shape index (κ3) is 32.9. The zero-order chi connectivity index (χ0) is 34.8. The van der Waals surface area contributed by atoms with Crippen molar-refractivity contribution in [1.29, 1.82) is 0 Å². The molecule has 1 atom stereocenters. The fourth-order valence-corrected chi connectivity index (χ4v) is 4.70. The van der Waals surface area contributed by atoms with Gasteiger partial charge in [0.1, 0.15) is 12.6 Å². The molecular weight excluding hydrogens is 614 g/mol. The van der Waals surface area contributed by atoms with E-state index in [-0.39, 0.29) is 89.6 Å². The van der Waals surface area contributed by atoms with Gasteiger partial charge in [0, 0.05) is 32.4 Å². The van der Waals surface area contributed by atoms with Gasteiger partial charge in [0.15, 0.2) is 0 Å². The molecule has 0 fully saturated rings. The molecule has 0 aliphatic carbocycles. The van der Waals surface area contributed by atoms with E-state index in [0.29, 0.717) is 19.6 Å². The zero-order valence-corrected chi connectivity index (χ0v) is 28.3. The fourth-order valence-electron chi connectivity index (χ4n) is 4.70.